The lowest BCUT2D eigenvalue weighted by atomic mass is 9.93. The first kappa shape index (κ1) is 71.9. The van der Waals surface area contributed by atoms with E-state index >= 15 is 9.59 Å². The lowest BCUT2D eigenvalue weighted by Gasteiger charge is -2.29. The van der Waals surface area contributed by atoms with Gasteiger partial charge in [0.2, 0.25) is 0 Å². The van der Waals surface area contributed by atoms with E-state index in [0.717, 1.165) is 123 Å². The van der Waals surface area contributed by atoms with Crippen molar-refractivity contribution in [2.75, 3.05) is 19.7 Å². The zero-order chi connectivity index (χ0) is 62.7. The van der Waals surface area contributed by atoms with Crippen LogP contribution in [0.5, 0.6) is 0 Å². The van der Waals surface area contributed by atoms with Crippen LogP contribution in [0.4, 0.5) is 0 Å². The van der Waals surface area contributed by atoms with Crippen LogP contribution in [0.25, 0.3) is 41.3 Å². The van der Waals surface area contributed by atoms with E-state index in [2.05, 4.69) is 114 Å². The van der Waals surface area contributed by atoms with Gasteiger partial charge in [0, 0.05) is 33.1 Å². The van der Waals surface area contributed by atoms with Crippen molar-refractivity contribution in [3.63, 3.8) is 0 Å². The maximum absolute atomic E-state index is 16.2. The van der Waals surface area contributed by atoms with Crippen LogP contribution in [-0.4, -0.2) is 47.3 Å². The summed E-state index contributed by atoms with van der Waals surface area (Å²) in [5, 5.41) is 4.33. The van der Waals surface area contributed by atoms with Crippen LogP contribution < -0.4 is 0 Å². The number of esters is 1. The molecule has 88 heavy (non-hydrogen) atoms. The number of carbonyl (C=O) groups is 3. The van der Waals surface area contributed by atoms with Gasteiger partial charge in [-0.3, -0.25) is 9.59 Å². The normalized spacial score (nSPS) is 14.6. The van der Waals surface area contributed by atoms with Crippen LogP contribution in [0.15, 0.2) is 52.9 Å². The predicted molar refractivity (Wildman–Crippen MR) is 387 cm³/mol. The van der Waals surface area contributed by atoms with Gasteiger partial charge < -0.3 is 14.5 Å². The smallest absolute Gasteiger partial charge is 0.339 e. The number of ether oxygens (including phenoxy) is 1. The molecule has 0 N–H and O–H groups in total. The Balaban J connectivity index is 1.30. The molecule has 4 aromatic heterocycles. The van der Waals surface area contributed by atoms with Crippen LogP contribution in [0.3, 0.4) is 0 Å². The van der Waals surface area contributed by atoms with Crippen molar-refractivity contribution < 1.29 is 19.1 Å². The fourth-order valence-electron chi connectivity index (χ4n) is 13.8. The first-order valence-corrected chi connectivity index (χ1v) is 39.7. The van der Waals surface area contributed by atoms with E-state index in [-0.39, 0.29) is 23.2 Å². The maximum atomic E-state index is 16.2. The van der Waals surface area contributed by atoms with Crippen molar-refractivity contribution in [1.82, 2.24) is 9.80 Å². The number of carbonyl (C=O) groups excluding carboxylic acids is 3. The number of hydrogen-bond donors (Lipinski definition) is 0. The number of unbranched alkanes of at least 4 members (excludes halogenated alkanes) is 27. The third-order valence-corrected chi connectivity index (χ3v) is 24.1. The van der Waals surface area contributed by atoms with E-state index in [1.54, 1.807) is 34.0 Å². The Labute approximate surface area is 551 Å². The van der Waals surface area contributed by atoms with E-state index < -0.39 is 0 Å². The van der Waals surface area contributed by atoms with Crippen LogP contribution in [0.2, 0.25) is 0 Å². The highest BCUT2D eigenvalue weighted by Crippen LogP contribution is 2.52. The molecule has 7 rings (SSSR count). The highest BCUT2D eigenvalue weighted by Gasteiger charge is 2.50. The van der Waals surface area contributed by atoms with Crippen LogP contribution in [0, 0.1) is 11.8 Å². The number of rotatable bonds is 47. The minimum Gasteiger partial charge on any atom is -0.462 e. The molecule has 0 bridgehead atoms. The summed E-state index contributed by atoms with van der Waals surface area (Å²) in [6.45, 7) is 22.2. The van der Waals surface area contributed by atoms with Crippen molar-refractivity contribution in [2.45, 2.75) is 312 Å². The minimum atomic E-state index is -0.181. The standard InChI is InChI=1S/C78H118N2O4S4/c1-10-16-22-27-30-31-32-33-36-42-53-84-77(83)68-60(47-37-21-15-6)62-55-66(88-74(62)73-61(68)52-54-85-73)63-48-49-64(86-63)71-69-70(76(82)79(71)56-58(43-38-25-19-13-4)45-40-34-28-23-17-11-2)72(65-50-51-67(87-65)78(7,8)9)80(75(69)81)57-59(44-39-26-20-14-5)46-41-35-29-24-18-12-3/h48-52,54-55,58-59H,10-47,53,56-57H2,1-9H3. The fraction of sp³-hybridized carbons (Fsp3) is 0.679. The lowest BCUT2D eigenvalue weighted by Crippen LogP contribution is -2.34. The van der Waals surface area contributed by atoms with Gasteiger partial charge in [0.1, 0.15) is 0 Å². The Morgan fingerprint density at radius 2 is 0.875 bits per heavy atom. The number of fused-ring (bicyclic) bond motifs is 4. The average molecular weight is 1280 g/mol. The molecular formula is C78H118N2O4S4. The van der Waals surface area contributed by atoms with E-state index in [4.69, 9.17) is 4.74 Å². The molecule has 6 nitrogen and oxygen atoms in total. The summed E-state index contributed by atoms with van der Waals surface area (Å²) in [4.78, 5) is 56.7. The highest BCUT2D eigenvalue weighted by molar-refractivity contribution is 7.30. The Hall–Kier alpha value is -3.57. The molecule has 2 atom stereocenters. The summed E-state index contributed by atoms with van der Waals surface area (Å²) in [5.41, 5.74) is 4.77. The highest BCUT2D eigenvalue weighted by atomic mass is 32.1. The van der Waals surface area contributed by atoms with Crippen molar-refractivity contribution in [1.29, 1.82) is 0 Å². The van der Waals surface area contributed by atoms with Gasteiger partial charge in [-0.15, -0.1) is 45.3 Å². The van der Waals surface area contributed by atoms with Gasteiger partial charge in [0.25, 0.3) is 11.8 Å². The van der Waals surface area contributed by atoms with Crippen molar-refractivity contribution in [3.8, 4) is 9.75 Å². The molecule has 0 saturated carbocycles. The van der Waals surface area contributed by atoms with Gasteiger partial charge in [-0.2, -0.15) is 0 Å². The number of hydrogen-bond acceptors (Lipinski definition) is 8. The molecule has 2 amide bonds. The van der Waals surface area contributed by atoms with Gasteiger partial charge in [0.15, 0.2) is 0 Å². The molecule has 10 heteroatoms. The third kappa shape index (κ3) is 20.2. The predicted octanol–water partition coefficient (Wildman–Crippen LogP) is 25.5. The topological polar surface area (TPSA) is 66.9 Å². The summed E-state index contributed by atoms with van der Waals surface area (Å²) in [7, 11) is 0. The van der Waals surface area contributed by atoms with Crippen molar-refractivity contribution in [2.24, 2.45) is 11.8 Å². The van der Waals surface area contributed by atoms with Gasteiger partial charge in [-0.05, 0) is 115 Å². The summed E-state index contributed by atoms with van der Waals surface area (Å²) >= 11 is 7.07. The lowest BCUT2D eigenvalue weighted by molar-refractivity contribution is -0.124. The van der Waals surface area contributed by atoms with Gasteiger partial charge in [0.05, 0.1) is 53.9 Å². The molecule has 0 fully saturated rings. The molecule has 2 aliphatic heterocycles. The zero-order valence-corrected chi connectivity index (χ0v) is 60.1. The van der Waals surface area contributed by atoms with E-state index in [0.29, 0.717) is 42.7 Å². The number of nitrogens with zero attached hydrogens (tertiary/aromatic N) is 2. The summed E-state index contributed by atoms with van der Waals surface area (Å²) < 4.78 is 8.62. The zero-order valence-electron chi connectivity index (χ0n) is 56.8. The Kier molecular flexibility index (Phi) is 31.4. The average Bonchev–Trinajstić information content (AvgIpc) is 3.69. The molecule has 0 spiro atoms. The second-order valence-corrected chi connectivity index (χ2v) is 31.7. The van der Waals surface area contributed by atoms with Gasteiger partial charge in [-0.25, -0.2) is 4.79 Å². The Morgan fingerprint density at radius 3 is 1.35 bits per heavy atom. The van der Waals surface area contributed by atoms with Crippen LogP contribution in [0.1, 0.15) is 330 Å². The molecule has 5 aromatic rings. The monoisotopic (exact) mass is 1270 g/mol. The summed E-state index contributed by atoms with van der Waals surface area (Å²) in [6.07, 6.45) is 45.5. The van der Waals surface area contributed by atoms with Crippen molar-refractivity contribution in [3.05, 3.63) is 78.7 Å². The number of amides is 2. The molecular weight excluding hydrogens is 1160 g/mol. The van der Waals surface area contributed by atoms with Crippen molar-refractivity contribution >= 4 is 94.7 Å². The molecule has 2 aliphatic rings. The second kappa shape index (κ2) is 38.4. The molecule has 0 aliphatic carbocycles. The number of aryl methyl sites for hydroxylation is 1. The molecule has 1 aromatic carbocycles. The Morgan fingerprint density at radius 1 is 0.455 bits per heavy atom. The largest absolute Gasteiger partial charge is 0.462 e. The minimum absolute atomic E-state index is 0.0136. The number of thiophene rings is 4. The first-order valence-electron chi connectivity index (χ1n) is 36.4. The van der Waals surface area contributed by atoms with E-state index in [1.165, 1.54) is 188 Å². The van der Waals surface area contributed by atoms with E-state index in [9.17, 15) is 4.79 Å². The maximum Gasteiger partial charge on any atom is 0.339 e. The van der Waals surface area contributed by atoms with Crippen LogP contribution in [-0.2, 0) is 26.2 Å². The number of benzene rings is 1. The fourth-order valence-corrected chi connectivity index (χ4v) is 18.3. The van der Waals surface area contributed by atoms with E-state index in [1.807, 2.05) is 11.3 Å². The Bertz CT molecular complexity index is 2960. The quantitative estimate of drug-likeness (QED) is 0.0288. The summed E-state index contributed by atoms with van der Waals surface area (Å²) in [5.74, 6) is 0.546. The van der Waals surface area contributed by atoms with Gasteiger partial charge in [-0.1, -0.05) is 261 Å². The molecule has 6 heterocycles. The summed E-state index contributed by atoms with van der Waals surface area (Å²) in [6, 6.07) is 13.5. The van der Waals surface area contributed by atoms with Crippen LogP contribution >= 0.6 is 45.3 Å². The molecule has 0 radical (unpaired) electrons. The third-order valence-electron chi connectivity index (χ3n) is 19.1. The molecule has 488 valence electrons. The second-order valence-electron chi connectivity index (χ2n) is 27.5. The molecule has 0 saturated heterocycles. The van der Waals surface area contributed by atoms with Gasteiger partial charge >= 0.3 is 5.97 Å². The first-order chi connectivity index (χ1) is 42.9. The molecule has 2 unspecified atom stereocenters. The SMILES string of the molecule is CCCCCCCCCCCCOC(=O)c1c(CCCCC)c2cc(-c3ccc(C4=C5C(=O)N(CC(CCCCCC)CCCCCCCC)C(c6ccc(C(C)(C)C)s6)=C5C(=O)N4CC(CCCCCC)CCCCCCCC)s3)sc2c2sccc12.